The van der Waals surface area contributed by atoms with Crippen molar-refractivity contribution >= 4 is 34.2 Å². The molecular weight excluding hydrogens is 342 g/mol. The van der Waals surface area contributed by atoms with Gasteiger partial charge in [-0.2, -0.15) is 0 Å². The lowest BCUT2D eigenvalue weighted by Gasteiger charge is -2.09. The third-order valence-corrected chi connectivity index (χ3v) is 4.46. The molecule has 1 aromatic heterocycles. The summed E-state index contributed by atoms with van der Waals surface area (Å²) in [4.78, 5) is 12.2. The maximum atomic E-state index is 13.6. The highest BCUT2D eigenvalue weighted by Crippen LogP contribution is 2.28. The average molecular weight is 353 g/mol. The van der Waals surface area contributed by atoms with Crippen molar-refractivity contribution in [2.24, 2.45) is 0 Å². The van der Waals surface area contributed by atoms with Crippen molar-refractivity contribution in [2.75, 3.05) is 0 Å². The lowest BCUT2D eigenvalue weighted by molar-refractivity contribution is 0.431. The van der Waals surface area contributed by atoms with Crippen molar-refractivity contribution in [3.05, 3.63) is 73.3 Å². The number of aryl methyl sites for hydroxylation is 1. The second-order valence-corrected chi connectivity index (χ2v) is 6.03. The van der Waals surface area contributed by atoms with Crippen LogP contribution in [0.15, 0.2) is 39.5 Å². The molecule has 0 radical (unpaired) electrons. The molecule has 0 aliphatic heterocycles. The first kappa shape index (κ1) is 15.8. The largest absolute Gasteiger partial charge is 0.505 e. The zero-order valence-electron chi connectivity index (χ0n) is 12.0. The van der Waals surface area contributed by atoms with E-state index < -0.39 is 17.2 Å². The maximum absolute atomic E-state index is 13.6. The summed E-state index contributed by atoms with van der Waals surface area (Å²) in [7, 11) is 0. The van der Waals surface area contributed by atoms with Crippen molar-refractivity contribution < 1.29 is 13.9 Å². The van der Waals surface area contributed by atoms with Crippen LogP contribution in [0.25, 0.3) is 11.0 Å². The number of rotatable bonds is 2. The molecule has 1 heterocycles. The molecule has 0 aliphatic carbocycles. The molecule has 0 saturated heterocycles. The first-order chi connectivity index (χ1) is 10.9. The van der Waals surface area contributed by atoms with Gasteiger partial charge in [-0.1, -0.05) is 29.3 Å². The van der Waals surface area contributed by atoms with Crippen molar-refractivity contribution in [2.45, 2.75) is 13.3 Å². The Hall–Kier alpha value is -2.04. The van der Waals surface area contributed by atoms with Crippen LogP contribution in [0.1, 0.15) is 16.7 Å². The predicted molar refractivity (Wildman–Crippen MR) is 88.1 cm³/mol. The first-order valence-corrected chi connectivity index (χ1v) is 7.51. The Balaban J connectivity index is 2.15. The van der Waals surface area contributed by atoms with Crippen LogP contribution in [0.2, 0.25) is 10.0 Å². The molecule has 0 spiro atoms. The number of hydrogen-bond acceptors (Lipinski definition) is 3. The SMILES string of the molecule is Cc1c(Cc2ccc(Cl)c(Cl)c2)c(=O)oc2cc(O)c(F)cc12. The summed E-state index contributed by atoms with van der Waals surface area (Å²) in [5, 5.41) is 10.7. The number of aromatic hydroxyl groups is 1. The molecule has 1 N–H and O–H groups in total. The zero-order valence-corrected chi connectivity index (χ0v) is 13.5. The van der Waals surface area contributed by atoms with E-state index in [9.17, 15) is 14.3 Å². The Bertz CT molecular complexity index is 980. The number of benzene rings is 2. The summed E-state index contributed by atoms with van der Waals surface area (Å²) >= 11 is 11.9. The second kappa shape index (κ2) is 5.87. The van der Waals surface area contributed by atoms with Gasteiger partial charge in [0, 0.05) is 23.4 Å². The molecule has 118 valence electrons. The zero-order chi connectivity index (χ0) is 16.7. The highest BCUT2D eigenvalue weighted by Gasteiger charge is 2.15. The van der Waals surface area contributed by atoms with Gasteiger partial charge in [-0.25, -0.2) is 9.18 Å². The molecule has 0 bridgehead atoms. The summed E-state index contributed by atoms with van der Waals surface area (Å²) in [5.41, 5.74) is 1.40. The van der Waals surface area contributed by atoms with E-state index >= 15 is 0 Å². The molecule has 6 heteroatoms. The molecular formula is C17H11Cl2FO3. The quantitative estimate of drug-likeness (QED) is 0.671. The number of phenols is 1. The van der Waals surface area contributed by atoms with Crippen LogP contribution in [-0.4, -0.2) is 5.11 Å². The molecule has 0 saturated carbocycles. The van der Waals surface area contributed by atoms with Crippen LogP contribution in [0, 0.1) is 12.7 Å². The number of halogens is 3. The van der Waals surface area contributed by atoms with Crippen molar-refractivity contribution in [1.82, 2.24) is 0 Å². The standard InChI is InChI=1S/C17H11Cl2FO3/c1-8-10-6-14(20)15(21)7-16(10)23-17(22)11(8)4-9-2-3-12(18)13(19)5-9/h2-3,5-7,21H,4H2,1H3. The summed E-state index contributed by atoms with van der Waals surface area (Å²) in [6, 6.07) is 7.33. The van der Waals surface area contributed by atoms with E-state index in [0.717, 1.165) is 17.7 Å². The van der Waals surface area contributed by atoms with Crippen LogP contribution in [-0.2, 0) is 6.42 Å². The maximum Gasteiger partial charge on any atom is 0.340 e. The Kier molecular flexibility index (Phi) is 4.04. The van der Waals surface area contributed by atoms with Gasteiger partial charge >= 0.3 is 5.63 Å². The molecule has 3 rings (SSSR count). The summed E-state index contributed by atoms with van der Waals surface area (Å²) in [5.74, 6) is -1.33. The molecule has 0 fully saturated rings. The minimum Gasteiger partial charge on any atom is -0.505 e. The van der Waals surface area contributed by atoms with Gasteiger partial charge in [-0.15, -0.1) is 0 Å². The van der Waals surface area contributed by atoms with Gasteiger partial charge in [-0.3, -0.25) is 0 Å². The van der Waals surface area contributed by atoms with Crippen molar-refractivity contribution in [3.63, 3.8) is 0 Å². The highest BCUT2D eigenvalue weighted by molar-refractivity contribution is 6.42. The molecule has 3 nitrogen and oxygen atoms in total. The molecule has 0 aliphatic rings. The smallest absolute Gasteiger partial charge is 0.340 e. The monoisotopic (exact) mass is 352 g/mol. The molecule has 0 unspecified atom stereocenters. The lowest BCUT2D eigenvalue weighted by Crippen LogP contribution is -2.11. The fraction of sp³-hybridized carbons (Fsp3) is 0.118. The topological polar surface area (TPSA) is 50.4 Å². The third kappa shape index (κ3) is 2.92. The van der Waals surface area contributed by atoms with E-state index in [0.29, 0.717) is 26.6 Å². The Morgan fingerprint density at radius 1 is 1.17 bits per heavy atom. The van der Waals surface area contributed by atoms with Crippen molar-refractivity contribution in [1.29, 1.82) is 0 Å². The molecule has 3 aromatic rings. The van der Waals surface area contributed by atoms with Gasteiger partial charge in [0.25, 0.3) is 0 Å². The van der Waals surface area contributed by atoms with E-state index in [-0.39, 0.29) is 12.0 Å². The van der Waals surface area contributed by atoms with E-state index in [1.807, 2.05) is 0 Å². The Morgan fingerprint density at radius 3 is 2.61 bits per heavy atom. The molecule has 0 amide bonds. The molecule has 2 aromatic carbocycles. The predicted octanol–water partition coefficient (Wildman–Crippen LogP) is 4.84. The van der Waals surface area contributed by atoms with E-state index in [2.05, 4.69) is 0 Å². The van der Waals surface area contributed by atoms with Crippen LogP contribution in [0.4, 0.5) is 4.39 Å². The van der Waals surface area contributed by atoms with Crippen molar-refractivity contribution in [3.8, 4) is 5.75 Å². The average Bonchev–Trinajstić information content (AvgIpc) is 2.49. The van der Waals surface area contributed by atoms with E-state index in [1.54, 1.807) is 25.1 Å². The Morgan fingerprint density at radius 2 is 1.91 bits per heavy atom. The van der Waals surface area contributed by atoms with Crippen LogP contribution in [0.3, 0.4) is 0 Å². The third-order valence-electron chi connectivity index (χ3n) is 3.72. The number of fused-ring (bicyclic) bond motifs is 1. The van der Waals surface area contributed by atoms with Gasteiger partial charge in [0.05, 0.1) is 10.0 Å². The Labute approximate surface area is 140 Å². The number of hydrogen-bond donors (Lipinski definition) is 1. The van der Waals surface area contributed by atoms with Crippen LogP contribution >= 0.6 is 23.2 Å². The lowest BCUT2D eigenvalue weighted by atomic mass is 9.99. The second-order valence-electron chi connectivity index (χ2n) is 5.22. The summed E-state index contributed by atoms with van der Waals surface area (Å²) in [6.07, 6.45) is 0.281. The van der Waals surface area contributed by atoms with Gasteiger partial charge < -0.3 is 9.52 Å². The number of phenolic OH excluding ortho intramolecular Hbond substituents is 1. The van der Waals surface area contributed by atoms with Gasteiger partial charge in [0.1, 0.15) is 5.58 Å². The van der Waals surface area contributed by atoms with Crippen LogP contribution in [0.5, 0.6) is 5.75 Å². The molecule has 0 atom stereocenters. The summed E-state index contributed by atoms with van der Waals surface area (Å²) in [6.45, 7) is 1.71. The van der Waals surface area contributed by atoms with Gasteiger partial charge in [-0.05, 0) is 36.2 Å². The fourth-order valence-corrected chi connectivity index (χ4v) is 2.78. The highest BCUT2D eigenvalue weighted by atomic mass is 35.5. The van der Waals surface area contributed by atoms with E-state index in [4.69, 9.17) is 27.6 Å². The van der Waals surface area contributed by atoms with Crippen LogP contribution < -0.4 is 5.63 Å². The summed E-state index contributed by atoms with van der Waals surface area (Å²) < 4.78 is 18.8. The van der Waals surface area contributed by atoms with E-state index in [1.165, 1.54) is 0 Å². The van der Waals surface area contributed by atoms with Gasteiger partial charge in [0.2, 0.25) is 0 Å². The first-order valence-electron chi connectivity index (χ1n) is 6.75. The minimum atomic E-state index is -0.769. The minimum absolute atomic E-state index is 0.143. The normalized spacial score (nSPS) is 11.1. The van der Waals surface area contributed by atoms with Gasteiger partial charge in [0.15, 0.2) is 11.6 Å². The fourth-order valence-electron chi connectivity index (χ4n) is 2.46. The molecule has 23 heavy (non-hydrogen) atoms.